The molecule has 2 N–H and O–H groups in total. The summed E-state index contributed by atoms with van der Waals surface area (Å²) in [7, 11) is 1.82. The van der Waals surface area contributed by atoms with Crippen LogP contribution in [0.15, 0.2) is 24.3 Å². The van der Waals surface area contributed by atoms with E-state index in [1.807, 2.05) is 31.3 Å². The highest BCUT2D eigenvalue weighted by Crippen LogP contribution is 2.08. The number of carboxylic acids is 1. The van der Waals surface area contributed by atoms with Crippen molar-refractivity contribution in [1.82, 2.24) is 0 Å². The fourth-order valence-corrected chi connectivity index (χ4v) is 0.974. The molecule has 72 valence electrons. The predicted octanol–water partition coefficient (Wildman–Crippen LogP) is 1.55. The van der Waals surface area contributed by atoms with E-state index in [2.05, 4.69) is 17.2 Å². The Kier molecular flexibility index (Phi) is 3.57. The molecule has 1 aromatic carbocycles. The second-order valence-electron chi connectivity index (χ2n) is 2.70. The van der Waals surface area contributed by atoms with E-state index in [0.717, 1.165) is 11.3 Å². The van der Waals surface area contributed by atoms with Gasteiger partial charge < -0.3 is 10.4 Å². The molecule has 0 saturated carbocycles. The summed E-state index contributed by atoms with van der Waals surface area (Å²) < 4.78 is 0. The average Bonchev–Trinajstić information content (AvgIpc) is 2.18. The van der Waals surface area contributed by atoms with Crippen LogP contribution in [0.2, 0.25) is 0 Å². The molecule has 0 bridgehead atoms. The van der Waals surface area contributed by atoms with E-state index >= 15 is 0 Å². The topological polar surface area (TPSA) is 49.3 Å². The zero-order valence-electron chi connectivity index (χ0n) is 7.87. The van der Waals surface area contributed by atoms with Gasteiger partial charge in [0.2, 0.25) is 0 Å². The number of hydrogen-bond donors (Lipinski definition) is 2. The average molecular weight is 189 g/mol. The summed E-state index contributed by atoms with van der Waals surface area (Å²) in [5.41, 5.74) is 1.78. The van der Waals surface area contributed by atoms with E-state index in [9.17, 15) is 4.79 Å². The monoisotopic (exact) mass is 189 g/mol. The summed E-state index contributed by atoms with van der Waals surface area (Å²) in [4.78, 5) is 10.2. The highest BCUT2D eigenvalue weighted by Gasteiger charge is 1.91. The summed E-state index contributed by atoms with van der Waals surface area (Å²) in [6, 6.07) is 7.50. The van der Waals surface area contributed by atoms with Crippen LogP contribution in [0, 0.1) is 11.8 Å². The molecule has 0 amide bonds. The van der Waals surface area contributed by atoms with Gasteiger partial charge in [0, 0.05) is 18.3 Å². The van der Waals surface area contributed by atoms with E-state index in [1.54, 1.807) is 0 Å². The van der Waals surface area contributed by atoms with Gasteiger partial charge >= 0.3 is 5.97 Å². The van der Waals surface area contributed by atoms with Crippen LogP contribution in [0.1, 0.15) is 12.0 Å². The molecule has 0 radical (unpaired) electrons. The Bertz CT molecular complexity index is 388. The summed E-state index contributed by atoms with van der Waals surface area (Å²) in [6.07, 6.45) is -0.121. The number of hydrogen-bond acceptors (Lipinski definition) is 2. The fourth-order valence-electron chi connectivity index (χ4n) is 0.974. The first kappa shape index (κ1) is 10.1. The minimum Gasteiger partial charge on any atom is -0.481 e. The largest absolute Gasteiger partial charge is 0.481 e. The van der Waals surface area contributed by atoms with Crippen molar-refractivity contribution in [2.24, 2.45) is 0 Å². The van der Waals surface area contributed by atoms with Crippen LogP contribution in [0.25, 0.3) is 0 Å². The Balaban J connectivity index is 2.74. The Hall–Kier alpha value is -1.95. The van der Waals surface area contributed by atoms with Crippen LogP contribution < -0.4 is 5.32 Å². The zero-order chi connectivity index (χ0) is 10.4. The van der Waals surface area contributed by atoms with Crippen molar-refractivity contribution in [3.05, 3.63) is 29.8 Å². The molecule has 0 aliphatic heterocycles. The first-order valence-corrected chi connectivity index (χ1v) is 4.21. The van der Waals surface area contributed by atoms with E-state index < -0.39 is 5.97 Å². The van der Waals surface area contributed by atoms with Crippen LogP contribution in [-0.4, -0.2) is 18.1 Å². The van der Waals surface area contributed by atoms with Gasteiger partial charge in [0.1, 0.15) is 6.42 Å². The summed E-state index contributed by atoms with van der Waals surface area (Å²) in [5, 5.41) is 11.4. The van der Waals surface area contributed by atoms with Crippen molar-refractivity contribution in [3.63, 3.8) is 0 Å². The molecule has 0 fully saturated rings. The van der Waals surface area contributed by atoms with Crippen LogP contribution in [0.5, 0.6) is 0 Å². The van der Waals surface area contributed by atoms with Crippen LogP contribution in [0.4, 0.5) is 5.69 Å². The number of anilines is 1. The van der Waals surface area contributed by atoms with Gasteiger partial charge in [-0.15, -0.1) is 0 Å². The van der Waals surface area contributed by atoms with E-state index in [4.69, 9.17) is 5.11 Å². The lowest BCUT2D eigenvalue weighted by molar-refractivity contribution is -0.135. The van der Waals surface area contributed by atoms with Crippen LogP contribution in [-0.2, 0) is 4.79 Å². The molecule has 0 aliphatic rings. The number of carboxylic acid groups (broad SMARTS) is 1. The van der Waals surface area contributed by atoms with Gasteiger partial charge in [-0.3, -0.25) is 4.79 Å². The van der Waals surface area contributed by atoms with Crippen LogP contribution >= 0.6 is 0 Å². The number of nitrogens with one attached hydrogen (secondary N) is 1. The normalized spacial score (nSPS) is 8.64. The molecule has 0 aliphatic carbocycles. The molecule has 14 heavy (non-hydrogen) atoms. The Morgan fingerprint density at radius 1 is 1.57 bits per heavy atom. The second-order valence-corrected chi connectivity index (χ2v) is 2.70. The quantitative estimate of drug-likeness (QED) is 0.694. The van der Waals surface area contributed by atoms with Crippen molar-refractivity contribution < 1.29 is 9.90 Å². The van der Waals surface area contributed by atoms with Gasteiger partial charge in [-0.2, -0.15) is 0 Å². The molecule has 1 aromatic rings. The minimum atomic E-state index is -0.901. The summed E-state index contributed by atoms with van der Waals surface area (Å²) in [5.74, 6) is 4.45. The third-order valence-corrected chi connectivity index (χ3v) is 1.62. The molecule has 0 spiro atoms. The van der Waals surface area contributed by atoms with Gasteiger partial charge in [-0.1, -0.05) is 17.9 Å². The van der Waals surface area contributed by atoms with Crippen molar-refractivity contribution in [1.29, 1.82) is 0 Å². The number of carbonyl (C=O) groups is 1. The molecule has 0 aromatic heterocycles. The van der Waals surface area contributed by atoms with Crippen molar-refractivity contribution in [2.75, 3.05) is 12.4 Å². The lowest BCUT2D eigenvalue weighted by Crippen LogP contribution is -1.90. The van der Waals surface area contributed by atoms with E-state index in [0.29, 0.717) is 0 Å². The highest BCUT2D eigenvalue weighted by molar-refractivity contribution is 5.70. The Labute approximate surface area is 82.8 Å². The lowest BCUT2D eigenvalue weighted by Gasteiger charge is -1.98. The van der Waals surface area contributed by atoms with Crippen LogP contribution in [0.3, 0.4) is 0 Å². The molecule has 3 nitrogen and oxygen atoms in total. The predicted molar refractivity (Wildman–Crippen MR) is 55.1 cm³/mol. The molecular formula is C11H11NO2. The standard InChI is InChI=1S/C11H11NO2/c1-12-10-6-2-4-9(8-10)5-3-7-11(13)14/h2,4,6,8,12H,7H2,1H3,(H,13,14). The summed E-state index contributed by atoms with van der Waals surface area (Å²) in [6.45, 7) is 0. The van der Waals surface area contributed by atoms with Crippen molar-refractivity contribution in [3.8, 4) is 11.8 Å². The van der Waals surface area contributed by atoms with Crippen molar-refractivity contribution >= 4 is 11.7 Å². The molecule has 0 heterocycles. The maximum Gasteiger partial charge on any atom is 0.315 e. The maximum atomic E-state index is 10.2. The van der Waals surface area contributed by atoms with Gasteiger partial charge in [0.05, 0.1) is 0 Å². The zero-order valence-corrected chi connectivity index (χ0v) is 7.87. The third-order valence-electron chi connectivity index (χ3n) is 1.62. The Morgan fingerprint density at radius 3 is 3.00 bits per heavy atom. The molecule has 0 saturated heterocycles. The first-order valence-electron chi connectivity index (χ1n) is 4.21. The van der Waals surface area contributed by atoms with Crippen molar-refractivity contribution in [2.45, 2.75) is 6.42 Å². The number of benzene rings is 1. The maximum absolute atomic E-state index is 10.2. The smallest absolute Gasteiger partial charge is 0.315 e. The number of rotatable bonds is 2. The Morgan fingerprint density at radius 2 is 2.36 bits per heavy atom. The molecule has 3 heteroatoms. The van der Waals surface area contributed by atoms with Gasteiger partial charge in [-0.25, -0.2) is 0 Å². The first-order chi connectivity index (χ1) is 6.72. The molecular weight excluding hydrogens is 178 g/mol. The van der Waals surface area contributed by atoms with E-state index in [1.165, 1.54) is 0 Å². The molecule has 0 unspecified atom stereocenters. The number of aliphatic carboxylic acids is 1. The molecule has 0 atom stereocenters. The SMILES string of the molecule is CNc1cccc(C#CCC(=O)O)c1. The fraction of sp³-hybridized carbons (Fsp3) is 0.182. The lowest BCUT2D eigenvalue weighted by atomic mass is 10.2. The van der Waals surface area contributed by atoms with Gasteiger partial charge in [0.15, 0.2) is 0 Å². The summed E-state index contributed by atoms with van der Waals surface area (Å²) >= 11 is 0. The molecule has 1 rings (SSSR count). The second kappa shape index (κ2) is 4.93. The third kappa shape index (κ3) is 3.20. The minimum absolute atomic E-state index is 0.121. The van der Waals surface area contributed by atoms with Gasteiger partial charge in [0.25, 0.3) is 0 Å². The highest BCUT2D eigenvalue weighted by atomic mass is 16.4. The van der Waals surface area contributed by atoms with Gasteiger partial charge in [-0.05, 0) is 18.2 Å². The van der Waals surface area contributed by atoms with E-state index in [-0.39, 0.29) is 6.42 Å².